The van der Waals surface area contributed by atoms with Crippen molar-refractivity contribution >= 4 is 46.4 Å². The normalized spacial score (nSPS) is 12.9. The zero-order valence-electron chi connectivity index (χ0n) is 8.53. The Bertz CT molecular complexity index is 339. The van der Waals surface area contributed by atoms with Crippen molar-refractivity contribution in [2.75, 3.05) is 0 Å². The third-order valence-electron chi connectivity index (χ3n) is 2.25. The summed E-state index contributed by atoms with van der Waals surface area (Å²) in [4.78, 5) is 0. The smallest absolute Gasteiger partial charge is 0.0840 e. The second kappa shape index (κ2) is 4.71. The lowest BCUT2D eigenvalue weighted by Gasteiger charge is -2.29. The van der Waals surface area contributed by atoms with Gasteiger partial charge in [-0.1, -0.05) is 78.5 Å². The van der Waals surface area contributed by atoms with Crippen molar-refractivity contribution in [3.8, 4) is 0 Å². The summed E-state index contributed by atoms with van der Waals surface area (Å²) in [5.74, 6) is 0. The van der Waals surface area contributed by atoms with Crippen LogP contribution >= 0.6 is 46.4 Å². The minimum absolute atomic E-state index is 0.260. The summed E-state index contributed by atoms with van der Waals surface area (Å²) in [7, 11) is 0. The summed E-state index contributed by atoms with van der Waals surface area (Å²) in [6, 6.07) is 7.62. The number of rotatable bonds is 2. The highest BCUT2D eigenvalue weighted by atomic mass is 35.6. The van der Waals surface area contributed by atoms with Crippen LogP contribution in [0.25, 0.3) is 0 Å². The van der Waals surface area contributed by atoms with Gasteiger partial charge in [-0.15, -0.1) is 0 Å². The van der Waals surface area contributed by atoms with Crippen LogP contribution in [0.15, 0.2) is 24.3 Å². The molecule has 0 aromatic heterocycles. The second-order valence-corrected chi connectivity index (χ2v) is 7.08. The molecule has 4 heteroatoms. The molecule has 0 aliphatic carbocycles. The van der Waals surface area contributed by atoms with E-state index in [1.165, 1.54) is 0 Å². The molecule has 0 bridgehead atoms. The van der Waals surface area contributed by atoms with E-state index in [0.29, 0.717) is 11.4 Å². The van der Waals surface area contributed by atoms with Gasteiger partial charge in [-0.3, -0.25) is 0 Å². The van der Waals surface area contributed by atoms with Crippen molar-refractivity contribution in [3.05, 3.63) is 34.9 Å². The molecule has 0 radical (unpaired) electrons. The molecule has 1 aromatic carbocycles. The summed E-state index contributed by atoms with van der Waals surface area (Å²) < 4.78 is -1.26. The Morgan fingerprint density at radius 1 is 1.07 bits per heavy atom. The zero-order chi connectivity index (χ0) is 11.7. The Kier molecular flexibility index (Phi) is 4.22. The van der Waals surface area contributed by atoms with Gasteiger partial charge < -0.3 is 0 Å². The van der Waals surface area contributed by atoms with Crippen LogP contribution in [0.4, 0.5) is 0 Å². The third kappa shape index (κ3) is 4.03. The first-order valence-electron chi connectivity index (χ1n) is 4.54. The molecule has 0 spiro atoms. The number of benzene rings is 1. The first kappa shape index (κ1) is 13.4. The molecule has 0 aliphatic heterocycles. The van der Waals surface area contributed by atoms with Gasteiger partial charge in [-0.05, 0) is 17.0 Å². The van der Waals surface area contributed by atoms with Crippen molar-refractivity contribution in [2.45, 2.75) is 29.5 Å². The summed E-state index contributed by atoms with van der Waals surface area (Å²) in [6.07, 6.45) is 0.425. The molecule has 0 heterocycles. The van der Waals surface area contributed by atoms with E-state index in [1.54, 1.807) is 0 Å². The number of alkyl halides is 3. The number of hydrogen-bond acceptors (Lipinski definition) is 0. The van der Waals surface area contributed by atoms with Gasteiger partial charge in [0.2, 0.25) is 0 Å². The van der Waals surface area contributed by atoms with Crippen LogP contribution < -0.4 is 0 Å². The van der Waals surface area contributed by atoms with Crippen LogP contribution in [0.1, 0.15) is 25.8 Å². The molecule has 0 aliphatic rings. The average Bonchev–Trinajstić information content (AvgIpc) is 1.99. The van der Waals surface area contributed by atoms with E-state index in [2.05, 4.69) is 0 Å². The Morgan fingerprint density at radius 3 is 2.07 bits per heavy atom. The van der Waals surface area contributed by atoms with E-state index < -0.39 is 3.79 Å². The lowest BCUT2D eigenvalue weighted by Crippen LogP contribution is -2.24. The summed E-state index contributed by atoms with van der Waals surface area (Å²) in [5, 5.41) is 0.705. The molecular formula is C11H12Cl4. The van der Waals surface area contributed by atoms with Crippen molar-refractivity contribution < 1.29 is 0 Å². The minimum Gasteiger partial charge on any atom is -0.0840 e. The molecule has 0 unspecified atom stereocenters. The highest BCUT2D eigenvalue weighted by Gasteiger charge is 2.33. The van der Waals surface area contributed by atoms with E-state index in [4.69, 9.17) is 46.4 Å². The molecule has 0 atom stereocenters. The van der Waals surface area contributed by atoms with Gasteiger partial charge in [0.05, 0.1) is 0 Å². The predicted octanol–water partition coefficient (Wildman–Crippen LogP) is 5.38. The molecule has 0 N–H and O–H groups in total. The largest absolute Gasteiger partial charge is 0.191 e. The van der Waals surface area contributed by atoms with Crippen molar-refractivity contribution in [2.24, 2.45) is 0 Å². The van der Waals surface area contributed by atoms with Crippen molar-refractivity contribution in [1.29, 1.82) is 0 Å². The SMILES string of the molecule is CC(C)(CC(Cl)(Cl)Cl)c1ccccc1Cl. The lowest BCUT2D eigenvalue weighted by molar-refractivity contribution is 0.486. The fourth-order valence-electron chi connectivity index (χ4n) is 1.61. The third-order valence-corrected chi connectivity index (χ3v) is 2.98. The van der Waals surface area contributed by atoms with Crippen molar-refractivity contribution in [1.82, 2.24) is 0 Å². The van der Waals surface area contributed by atoms with Crippen LogP contribution in [-0.4, -0.2) is 3.79 Å². The van der Waals surface area contributed by atoms with Crippen molar-refractivity contribution in [3.63, 3.8) is 0 Å². The van der Waals surface area contributed by atoms with Crippen LogP contribution in [0.5, 0.6) is 0 Å². The van der Waals surface area contributed by atoms with E-state index in [0.717, 1.165) is 5.56 Å². The molecule has 1 rings (SSSR count). The van der Waals surface area contributed by atoms with E-state index >= 15 is 0 Å². The summed E-state index contributed by atoms with van der Waals surface area (Å²) in [5.41, 5.74) is 0.738. The first-order chi connectivity index (χ1) is 6.72. The van der Waals surface area contributed by atoms with Gasteiger partial charge in [-0.25, -0.2) is 0 Å². The molecule has 0 saturated carbocycles. The molecule has 0 fully saturated rings. The number of hydrogen-bond donors (Lipinski definition) is 0. The fraction of sp³-hybridized carbons (Fsp3) is 0.455. The predicted molar refractivity (Wildman–Crippen MR) is 69.4 cm³/mol. The molecule has 1 aromatic rings. The Morgan fingerprint density at radius 2 is 1.60 bits per heavy atom. The van der Waals surface area contributed by atoms with Gasteiger partial charge >= 0.3 is 0 Å². The van der Waals surface area contributed by atoms with Gasteiger partial charge in [0.1, 0.15) is 0 Å². The Labute approximate surface area is 110 Å². The number of halogens is 4. The van der Waals surface area contributed by atoms with E-state index in [-0.39, 0.29) is 5.41 Å². The lowest BCUT2D eigenvalue weighted by atomic mass is 9.82. The monoisotopic (exact) mass is 284 g/mol. The summed E-state index contributed by atoms with van der Waals surface area (Å²) >= 11 is 23.5. The fourth-order valence-corrected chi connectivity index (χ4v) is 3.00. The molecule has 0 amide bonds. The maximum absolute atomic E-state index is 6.11. The average molecular weight is 286 g/mol. The maximum atomic E-state index is 6.11. The van der Waals surface area contributed by atoms with E-state index in [1.807, 2.05) is 38.1 Å². The van der Waals surface area contributed by atoms with Crippen LogP contribution in [0, 0.1) is 0 Å². The molecule has 84 valence electrons. The first-order valence-corrected chi connectivity index (χ1v) is 6.05. The minimum atomic E-state index is -1.26. The topological polar surface area (TPSA) is 0 Å². The standard InChI is InChI=1S/C11H12Cl4/c1-10(2,7-11(13,14)15)8-5-3-4-6-9(8)12/h3-6H,7H2,1-2H3. The molecule has 0 saturated heterocycles. The molecule has 0 nitrogen and oxygen atoms in total. The highest BCUT2D eigenvalue weighted by Crippen LogP contribution is 2.42. The van der Waals surface area contributed by atoms with Gasteiger partial charge in [-0.2, -0.15) is 0 Å². The van der Waals surface area contributed by atoms with Gasteiger partial charge in [0.25, 0.3) is 0 Å². The second-order valence-electron chi connectivity index (χ2n) is 4.16. The molecule has 15 heavy (non-hydrogen) atoms. The van der Waals surface area contributed by atoms with Crippen LogP contribution in [0.2, 0.25) is 5.02 Å². The van der Waals surface area contributed by atoms with Gasteiger partial charge in [0, 0.05) is 11.4 Å². The Balaban J connectivity index is 3.01. The highest BCUT2D eigenvalue weighted by molar-refractivity contribution is 6.67. The quantitative estimate of drug-likeness (QED) is 0.640. The zero-order valence-corrected chi connectivity index (χ0v) is 11.6. The van der Waals surface area contributed by atoms with Gasteiger partial charge in [0.15, 0.2) is 3.79 Å². The van der Waals surface area contributed by atoms with Crippen LogP contribution in [0.3, 0.4) is 0 Å². The van der Waals surface area contributed by atoms with E-state index in [9.17, 15) is 0 Å². The van der Waals surface area contributed by atoms with Crippen LogP contribution in [-0.2, 0) is 5.41 Å². The maximum Gasteiger partial charge on any atom is 0.191 e. The molecular weight excluding hydrogens is 274 g/mol. The summed E-state index contributed by atoms with van der Waals surface area (Å²) in [6.45, 7) is 4.02. The Hall–Kier alpha value is 0.380.